The minimum Gasteiger partial charge on any atom is -0.321 e. The molecule has 4 rings (SSSR count). The highest BCUT2D eigenvalue weighted by molar-refractivity contribution is 6.07. The standard InChI is InChI=1S/C23H21N3O/c1-15-7-10-18(11-8-15)21-22(26-14-17(3)9-12-20(26)25-21)23(27)24-19-6-4-5-16(2)13-19/h4-14H,1-3H3,(H,24,27). The maximum Gasteiger partial charge on any atom is 0.274 e. The first-order chi connectivity index (χ1) is 13.0. The summed E-state index contributed by atoms with van der Waals surface area (Å²) in [5.41, 5.74) is 7.02. The van der Waals surface area contributed by atoms with Gasteiger partial charge in [-0.2, -0.15) is 0 Å². The number of rotatable bonds is 3. The molecule has 0 saturated heterocycles. The lowest BCUT2D eigenvalue weighted by atomic mass is 10.1. The zero-order chi connectivity index (χ0) is 19.0. The van der Waals surface area contributed by atoms with Gasteiger partial charge in [-0.25, -0.2) is 4.98 Å². The average Bonchev–Trinajstić information content (AvgIpc) is 3.01. The molecular weight excluding hydrogens is 334 g/mol. The van der Waals surface area contributed by atoms with Crippen molar-refractivity contribution < 1.29 is 4.79 Å². The second-order valence-electron chi connectivity index (χ2n) is 6.93. The summed E-state index contributed by atoms with van der Waals surface area (Å²) in [4.78, 5) is 17.9. The summed E-state index contributed by atoms with van der Waals surface area (Å²) >= 11 is 0. The Morgan fingerprint density at radius 1 is 0.889 bits per heavy atom. The number of amides is 1. The lowest BCUT2D eigenvalue weighted by molar-refractivity contribution is 0.102. The van der Waals surface area contributed by atoms with Crippen LogP contribution in [0.1, 0.15) is 27.2 Å². The topological polar surface area (TPSA) is 46.4 Å². The minimum absolute atomic E-state index is 0.172. The van der Waals surface area contributed by atoms with Gasteiger partial charge in [-0.05, 0) is 50.1 Å². The van der Waals surface area contributed by atoms with Gasteiger partial charge in [0.05, 0.1) is 0 Å². The van der Waals surface area contributed by atoms with E-state index in [1.165, 1.54) is 5.56 Å². The summed E-state index contributed by atoms with van der Waals surface area (Å²) in [6.07, 6.45) is 1.95. The van der Waals surface area contributed by atoms with Crippen LogP contribution < -0.4 is 5.32 Å². The van der Waals surface area contributed by atoms with Gasteiger partial charge in [0.25, 0.3) is 5.91 Å². The fraction of sp³-hybridized carbons (Fsp3) is 0.130. The smallest absolute Gasteiger partial charge is 0.274 e. The monoisotopic (exact) mass is 355 g/mol. The molecule has 0 aliphatic carbocycles. The molecule has 4 nitrogen and oxygen atoms in total. The lowest BCUT2D eigenvalue weighted by Gasteiger charge is -2.08. The van der Waals surface area contributed by atoms with Crippen LogP contribution in [0.5, 0.6) is 0 Å². The summed E-state index contributed by atoms with van der Waals surface area (Å²) < 4.78 is 1.87. The lowest BCUT2D eigenvalue weighted by Crippen LogP contribution is -2.15. The number of carbonyl (C=O) groups is 1. The molecule has 2 heterocycles. The van der Waals surface area contributed by atoms with E-state index in [0.29, 0.717) is 11.4 Å². The maximum absolute atomic E-state index is 13.2. The van der Waals surface area contributed by atoms with E-state index in [2.05, 4.69) is 5.32 Å². The van der Waals surface area contributed by atoms with E-state index >= 15 is 0 Å². The zero-order valence-corrected chi connectivity index (χ0v) is 15.7. The number of fused-ring (bicyclic) bond motifs is 1. The average molecular weight is 355 g/mol. The van der Waals surface area contributed by atoms with Crippen molar-refractivity contribution in [2.75, 3.05) is 5.32 Å². The summed E-state index contributed by atoms with van der Waals surface area (Å²) in [5.74, 6) is -0.172. The van der Waals surface area contributed by atoms with Gasteiger partial charge >= 0.3 is 0 Å². The van der Waals surface area contributed by atoms with Gasteiger partial charge in [-0.15, -0.1) is 0 Å². The number of anilines is 1. The minimum atomic E-state index is -0.172. The number of benzene rings is 2. The fourth-order valence-electron chi connectivity index (χ4n) is 3.19. The first-order valence-electron chi connectivity index (χ1n) is 8.95. The molecule has 0 spiro atoms. The van der Waals surface area contributed by atoms with Crippen LogP contribution in [0, 0.1) is 20.8 Å². The molecule has 2 aromatic heterocycles. The first-order valence-corrected chi connectivity index (χ1v) is 8.95. The van der Waals surface area contributed by atoms with Gasteiger partial charge in [0.2, 0.25) is 0 Å². The first kappa shape index (κ1) is 17.0. The van der Waals surface area contributed by atoms with Crippen LogP contribution >= 0.6 is 0 Å². The second-order valence-corrected chi connectivity index (χ2v) is 6.93. The predicted molar refractivity (Wildman–Crippen MR) is 109 cm³/mol. The number of carbonyl (C=O) groups excluding carboxylic acids is 1. The SMILES string of the molecule is Cc1ccc(-c2nc3ccc(C)cn3c2C(=O)Nc2cccc(C)c2)cc1. The van der Waals surface area contributed by atoms with Gasteiger partial charge in [0.1, 0.15) is 17.0 Å². The molecule has 27 heavy (non-hydrogen) atoms. The molecule has 4 heteroatoms. The maximum atomic E-state index is 13.2. The highest BCUT2D eigenvalue weighted by Gasteiger charge is 2.21. The number of nitrogens with zero attached hydrogens (tertiary/aromatic N) is 2. The van der Waals surface area contributed by atoms with E-state index < -0.39 is 0 Å². The summed E-state index contributed by atoms with van der Waals surface area (Å²) in [7, 11) is 0. The molecule has 0 bridgehead atoms. The van der Waals surface area contributed by atoms with Crippen LogP contribution in [-0.2, 0) is 0 Å². The van der Waals surface area contributed by atoms with Gasteiger partial charge in [-0.1, -0.05) is 48.0 Å². The molecule has 0 atom stereocenters. The van der Waals surface area contributed by atoms with E-state index in [1.807, 2.05) is 92.0 Å². The second kappa shape index (κ2) is 6.72. The Morgan fingerprint density at radius 2 is 1.63 bits per heavy atom. The summed E-state index contributed by atoms with van der Waals surface area (Å²) in [6, 6.07) is 19.8. The number of pyridine rings is 1. The van der Waals surface area contributed by atoms with Crippen LogP contribution in [0.3, 0.4) is 0 Å². The molecule has 1 N–H and O–H groups in total. The van der Waals surface area contributed by atoms with Crippen molar-refractivity contribution in [3.8, 4) is 11.3 Å². The third-order valence-electron chi connectivity index (χ3n) is 4.58. The highest BCUT2D eigenvalue weighted by atomic mass is 16.2. The van der Waals surface area contributed by atoms with Crippen LogP contribution in [0.2, 0.25) is 0 Å². The zero-order valence-electron chi connectivity index (χ0n) is 15.7. The van der Waals surface area contributed by atoms with Crippen molar-refractivity contribution in [3.63, 3.8) is 0 Å². The third-order valence-corrected chi connectivity index (χ3v) is 4.58. The largest absolute Gasteiger partial charge is 0.321 e. The van der Waals surface area contributed by atoms with Gasteiger partial charge in [0.15, 0.2) is 0 Å². The molecule has 134 valence electrons. The van der Waals surface area contributed by atoms with E-state index in [-0.39, 0.29) is 5.91 Å². The highest BCUT2D eigenvalue weighted by Crippen LogP contribution is 2.26. The van der Waals surface area contributed by atoms with Crippen molar-refractivity contribution in [1.82, 2.24) is 9.38 Å². The predicted octanol–water partition coefficient (Wildman–Crippen LogP) is 5.18. The number of hydrogen-bond acceptors (Lipinski definition) is 2. The molecule has 0 fully saturated rings. The molecule has 2 aromatic carbocycles. The molecule has 0 saturated carbocycles. The number of aryl methyl sites for hydroxylation is 3. The Bertz CT molecular complexity index is 1140. The van der Waals surface area contributed by atoms with E-state index in [0.717, 1.165) is 28.0 Å². The van der Waals surface area contributed by atoms with Gasteiger partial charge < -0.3 is 5.32 Å². The van der Waals surface area contributed by atoms with Crippen LogP contribution in [0.25, 0.3) is 16.9 Å². The van der Waals surface area contributed by atoms with E-state index in [4.69, 9.17) is 4.98 Å². The molecule has 0 unspecified atom stereocenters. The normalized spacial score (nSPS) is 10.9. The van der Waals surface area contributed by atoms with Crippen molar-refractivity contribution in [2.24, 2.45) is 0 Å². The fourth-order valence-corrected chi connectivity index (χ4v) is 3.19. The molecule has 1 amide bonds. The summed E-state index contributed by atoms with van der Waals surface area (Å²) in [6.45, 7) is 6.06. The van der Waals surface area contributed by atoms with Crippen LogP contribution in [-0.4, -0.2) is 15.3 Å². The number of hydrogen-bond donors (Lipinski definition) is 1. The molecule has 0 radical (unpaired) electrons. The summed E-state index contributed by atoms with van der Waals surface area (Å²) in [5, 5.41) is 3.02. The Hall–Kier alpha value is -3.40. The molecule has 4 aromatic rings. The van der Waals surface area contributed by atoms with E-state index in [9.17, 15) is 4.79 Å². The van der Waals surface area contributed by atoms with Crippen molar-refractivity contribution in [2.45, 2.75) is 20.8 Å². The Balaban J connectivity index is 1.86. The van der Waals surface area contributed by atoms with E-state index in [1.54, 1.807) is 0 Å². The van der Waals surface area contributed by atoms with Crippen LogP contribution in [0.4, 0.5) is 5.69 Å². The molecular formula is C23H21N3O. The van der Waals surface area contributed by atoms with Gasteiger partial charge in [-0.3, -0.25) is 9.20 Å². The molecule has 0 aliphatic heterocycles. The van der Waals surface area contributed by atoms with Crippen LogP contribution in [0.15, 0.2) is 66.9 Å². The Labute approximate surface area is 158 Å². The number of nitrogens with one attached hydrogen (secondary N) is 1. The number of imidazole rings is 1. The molecule has 0 aliphatic rings. The Kier molecular flexibility index (Phi) is 4.24. The van der Waals surface area contributed by atoms with Crippen molar-refractivity contribution >= 4 is 17.2 Å². The van der Waals surface area contributed by atoms with Crippen molar-refractivity contribution in [1.29, 1.82) is 0 Å². The van der Waals surface area contributed by atoms with Gasteiger partial charge in [0, 0.05) is 17.4 Å². The Morgan fingerprint density at radius 3 is 2.37 bits per heavy atom. The third kappa shape index (κ3) is 3.34. The number of aromatic nitrogens is 2. The van der Waals surface area contributed by atoms with Crippen molar-refractivity contribution in [3.05, 3.63) is 89.2 Å². The quantitative estimate of drug-likeness (QED) is 0.550.